The van der Waals surface area contributed by atoms with Crippen LogP contribution < -0.4 is 0 Å². The van der Waals surface area contributed by atoms with Crippen LogP contribution in [0.15, 0.2) is 152 Å². The Balaban J connectivity index is 1.55. The van der Waals surface area contributed by atoms with Crippen molar-refractivity contribution in [1.82, 2.24) is 19.9 Å². The normalized spacial score (nSPS) is 12.4. The number of aromatic nitrogens is 4. The van der Waals surface area contributed by atoms with Crippen molar-refractivity contribution in [3.05, 3.63) is 191 Å². The predicted molar refractivity (Wildman–Crippen MR) is 204 cm³/mol. The van der Waals surface area contributed by atoms with Gasteiger partial charge in [0, 0.05) is 33.3 Å². The highest BCUT2D eigenvalue weighted by molar-refractivity contribution is 6.38. The van der Waals surface area contributed by atoms with Crippen molar-refractivity contribution < 1.29 is 0 Å². The lowest BCUT2D eigenvalue weighted by molar-refractivity contribution is 1.30. The van der Waals surface area contributed by atoms with Crippen LogP contribution in [-0.4, -0.2) is 19.9 Å². The molecule has 8 bridgehead atoms. The molecule has 4 aromatic carbocycles. The summed E-state index contributed by atoms with van der Waals surface area (Å²) in [5.41, 5.74) is 15.2. The number of rotatable bonds is 4. The van der Waals surface area contributed by atoms with E-state index in [0.717, 1.165) is 89.4 Å². The first-order valence-corrected chi connectivity index (χ1v) is 16.7. The van der Waals surface area contributed by atoms with Crippen molar-refractivity contribution in [3.63, 3.8) is 0 Å². The zero-order valence-electron chi connectivity index (χ0n) is 26.4. The van der Waals surface area contributed by atoms with Crippen LogP contribution >= 0.6 is 11.6 Å². The number of nitrogens with one attached hydrogen (secondary N) is 2. The van der Waals surface area contributed by atoms with Crippen LogP contribution in [0.4, 0.5) is 0 Å². The quantitative estimate of drug-likeness (QED) is 0.199. The van der Waals surface area contributed by atoms with Gasteiger partial charge in [-0.05, 0) is 64.7 Å². The van der Waals surface area contributed by atoms with E-state index in [1.807, 2.05) is 42.5 Å². The summed E-state index contributed by atoms with van der Waals surface area (Å²) in [5, 5.41) is 0.629. The summed E-state index contributed by atoms with van der Waals surface area (Å²) in [6.45, 7) is 0. The second-order valence-electron chi connectivity index (χ2n) is 12.1. The summed E-state index contributed by atoms with van der Waals surface area (Å²) in [4.78, 5) is 17.9. The molecule has 0 fully saturated rings. The fourth-order valence-corrected chi connectivity index (χ4v) is 7.12. The predicted octanol–water partition coefficient (Wildman–Crippen LogP) is 11.5. The number of halogens is 1. The summed E-state index contributed by atoms with van der Waals surface area (Å²) in [5.74, 6) is 0. The molecule has 0 saturated carbocycles. The first-order chi connectivity index (χ1) is 24.2. The molecule has 5 heterocycles. The first-order valence-electron chi connectivity index (χ1n) is 16.3. The lowest BCUT2D eigenvalue weighted by Gasteiger charge is -2.13. The van der Waals surface area contributed by atoms with Gasteiger partial charge in [-0.2, -0.15) is 0 Å². The number of nitrogens with zero attached hydrogens (tertiary/aromatic N) is 2. The molecule has 0 unspecified atom stereocenters. The van der Waals surface area contributed by atoms with Crippen molar-refractivity contribution in [2.24, 2.45) is 0 Å². The maximum atomic E-state index is 7.41. The third-order valence-corrected chi connectivity index (χ3v) is 9.37. The monoisotopic (exact) mass is 648 g/mol. The van der Waals surface area contributed by atoms with E-state index in [4.69, 9.17) is 21.6 Å². The Hall–Kier alpha value is -6.23. The zero-order valence-corrected chi connectivity index (χ0v) is 27.1. The Morgan fingerprint density at radius 3 is 1.57 bits per heavy atom. The van der Waals surface area contributed by atoms with Gasteiger partial charge in [0.25, 0.3) is 0 Å². The Kier molecular flexibility index (Phi) is 7.15. The van der Waals surface area contributed by atoms with Gasteiger partial charge in [0.2, 0.25) is 0 Å². The number of H-pyrrole nitrogens is 2. The molecule has 232 valence electrons. The van der Waals surface area contributed by atoms with E-state index in [-0.39, 0.29) is 0 Å². The third kappa shape index (κ3) is 5.29. The molecule has 0 amide bonds. The smallest absolute Gasteiger partial charge is 0.0822 e. The number of hydrogen-bond donors (Lipinski definition) is 2. The van der Waals surface area contributed by atoms with Crippen molar-refractivity contribution in [3.8, 4) is 22.3 Å². The van der Waals surface area contributed by atoms with Crippen LogP contribution in [0, 0.1) is 0 Å². The fraction of sp³-hybridized carbons (Fsp3) is 0. The Bertz CT molecular complexity index is 2580. The molecule has 3 aromatic heterocycles. The molecule has 0 atom stereocenters. The van der Waals surface area contributed by atoms with Gasteiger partial charge in [0.05, 0.1) is 38.8 Å². The number of aromatic amines is 2. The zero-order chi connectivity index (χ0) is 32.7. The van der Waals surface area contributed by atoms with Gasteiger partial charge in [0.1, 0.15) is 0 Å². The summed E-state index contributed by atoms with van der Waals surface area (Å²) in [6, 6.07) is 52.3. The van der Waals surface area contributed by atoms with Crippen LogP contribution in [0.2, 0.25) is 5.02 Å². The van der Waals surface area contributed by atoms with Crippen molar-refractivity contribution in [1.29, 1.82) is 0 Å². The molecule has 2 aliphatic rings. The lowest BCUT2D eigenvalue weighted by Crippen LogP contribution is -1.94. The molecule has 4 nitrogen and oxygen atoms in total. The van der Waals surface area contributed by atoms with Crippen molar-refractivity contribution >= 4 is 57.0 Å². The fourth-order valence-electron chi connectivity index (χ4n) is 6.82. The molecule has 7 aromatic rings. The van der Waals surface area contributed by atoms with Gasteiger partial charge >= 0.3 is 0 Å². The summed E-state index contributed by atoms with van der Waals surface area (Å²) in [7, 11) is 0. The highest BCUT2D eigenvalue weighted by atomic mass is 35.5. The van der Waals surface area contributed by atoms with E-state index in [0.29, 0.717) is 5.02 Å². The molecule has 2 aliphatic heterocycles. The topological polar surface area (TPSA) is 57.4 Å². The number of fused-ring (bicyclic) bond motifs is 8. The van der Waals surface area contributed by atoms with Gasteiger partial charge in [-0.1, -0.05) is 133 Å². The molecule has 2 N–H and O–H groups in total. The van der Waals surface area contributed by atoms with E-state index < -0.39 is 0 Å². The van der Waals surface area contributed by atoms with Gasteiger partial charge in [0.15, 0.2) is 0 Å². The van der Waals surface area contributed by atoms with E-state index in [1.54, 1.807) is 0 Å². The molecule has 0 radical (unpaired) electrons. The van der Waals surface area contributed by atoms with Crippen molar-refractivity contribution in [2.45, 2.75) is 0 Å². The van der Waals surface area contributed by atoms with Crippen LogP contribution in [0.3, 0.4) is 0 Å². The van der Waals surface area contributed by atoms with Crippen LogP contribution in [0.25, 0.3) is 67.6 Å². The van der Waals surface area contributed by atoms with Gasteiger partial charge in [-0.25, -0.2) is 9.97 Å². The third-order valence-electron chi connectivity index (χ3n) is 8.98. The average molecular weight is 649 g/mol. The summed E-state index contributed by atoms with van der Waals surface area (Å²) >= 11 is 7.41. The molecule has 0 spiro atoms. The lowest BCUT2D eigenvalue weighted by atomic mass is 9.89. The maximum absolute atomic E-state index is 7.41. The second-order valence-corrected chi connectivity index (χ2v) is 12.5. The Morgan fingerprint density at radius 1 is 0.449 bits per heavy atom. The summed E-state index contributed by atoms with van der Waals surface area (Å²) < 4.78 is 0. The van der Waals surface area contributed by atoms with Crippen molar-refractivity contribution in [2.75, 3.05) is 0 Å². The highest BCUT2D eigenvalue weighted by Crippen LogP contribution is 2.47. The summed E-state index contributed by atoms with van der Waals surface area (Å²) in [6.07, 6.45) is 4.04. The minimum atomic E-state index is 0.629. The van der Waals surface area contributed by atoms with Crippen LogP contribution in [0.5, 0.6) is 0 Å². The highest BCUT2D eigenvalue weighted by Gasteiger charge is 2.28. The van der Waals surface area contributed by atoms with E-state index in [2.05, 4.69) is 131 Å². The first kappa shape index (κ1) is 29.0. The van der Waals surface area contributed by atoms with Gasteiger partial charge in [-0.15, -0.1) is 0 Å². The SMILES string of the molecule is Clc1c(-c2ccccc2)c2[nH]c1cc1nc(cc3ccc(cc4nc(c2-c2ccccc2)C(c2ccccc2)=C4c2ccccc2)[nH]3)C=C1. The Morgan fingerprint density at radius 2 is 0.959 bits per heavy atom. The number of benzene rings is 4. The molecule has 9 rings (SSSR count). The number of hydrogen-bond acceptors (Lipinski definition) is 2. The Labute approximate surface area is 288 Å². The molecule has 0 aliphatic carbocycles. The standard InChI is InChI=1S/C44H29ClN4/c45-42-37-27-35-24-22-33(47-35)25-32-21-23-34(46-32)26-36-38(28-13-5-1-6-14-28)39(29-15-7-2-8-16-29)43(48-36)41(31-19-11-4-12-20-31)44(49-37)40(42)30-17-9-3-10-18-30/h1-27,46,49H. The van der Waals surface area contributed by atoms with Crippen LogP contribution in [-0.2, 0) is 0 Å². The van der Waals surface area contributed by atoms with E-state index in [9.17, 15) is 0 Å². The minimum absolute atomic E-state index is 0.629. The molecule has 5 heteroatoms. The van der Waals surface area contributed by atoms with Gasteiger partial charge in [-0.3, -0.25) is 0 Å². The maximum Gasteiger partial charge on any atom is 0.0822 e. The van der Waals surface area contributed by atoms with E-state index in [1.165, 1.54) is 0 Å². The average Bonchev–Trinajstić information content (AvgIpc) is 3.94. The van der Waals surface area contributed by atoms with Crippen LogP contribution in [0.1, 0.15) is 33.9 Å². The second kappa shape index (κ2) is 12.1. The van der Waals surface area contributed by atoms with Gasteiger partial charge < -0.3 is 9.97 Å². The molecular formula is C44H29ClN4. The largest absolute Gasteiger partial charge is 0.355 e. The molecule has 0 saturated heterocycles. The molecular weight excluding hydrogens is 620 g/mol. The minimum Gasteiger partial charge on any atom is -0.355 e. The van der Waals surface area contributed by atoms with E-state index >= 15 is 0 Å². The molecule has 49 heavy (non-hydrogen) atoms.